The zero-order valence-electron chi connectivity index (χ0n) is 11.8. The predicted molar refractivity (Wildman–Crippen MR) is 85.4 cm³/mol. The summed E-state index contributed by atoms with van der Waals surface area (Å²) in [4.78, 5) is 0. The van der Waals surface area contributed by atoms with E-state index >= 15 is 0 Å². The van der Waals surface area contributed by atoms with Crippen LogP contribution in [0, 0.1) is 12.7 Å². The highest BCUT2D eigenvalue weighted by molar-refractivity contribution is 9.10. The molecule has 0 aromatic heterocycles. The van der Waals surface area contributed by atoms with Gasteiger partial charge in [0, 0.05) is 10.5 Å². The molecule has 106 valence electrons. The van der Waals surface area contributed by atoms with Crippen LogP contribution in [0.5, 0.6) is 0 Å². The normalized spacial score (nSPS) is 12.4. The first-order valence-electron chi connectivity index (χ1n) is 6.84. The number of hydrogen-bond acceptors (Lipinski definition) is 1. The predicted octanol–water partition coefficient (Wildman–Crippen LogP) is 4.79. The van der Waals surface area contributed by atoms with Gasteiger partial charge in [0.1, 0.15) is 5.82 Å². The van der Waals surface area contributed by atoms with E-state index in [4.69, 9.17) is 0 Å². The third kappa shape index (κ3) is 3.90. The Bertz CT molecular complexity index is 566. The molecule has 0 aliphatic carbocycles. The SMILES string of the molecule is CCNC(Cc1ccc(F)cc1)c1ccc(C)c(Br)c1. The van der Waals surface area contributed by atoms with E-state index in [1.165, 1.54) is 23.3 Å². The molecule has 0 radical (unpaired) electrons. The van der Waals surface area contributed by atoms with Crippen molar-refractivity contribution >= 4 is 15.9 Å². The number of nitrogens with one attached hydrogen (secondary N) is 1. The average Bonchev–Trinajstić information content (AvgIpc) is 2.44. The van der Waals surface area contributed by atoms with Gasteiger partial charge in [0.05, 0.1) is 0 Å². The summed E-state index contributed by atoms with van der Waals surface area (Å²) in [6, 6.07) is 13.4. The van der Waals surface area contributed by atoms with Crippen LogP contribution in [-0.2, 0) is 6.42 Å². The number of aryl methyl sites for hydroxylation is 1. The van der Waals surface area contributed by atoms with Gasteiger partial charge in [-0.2, -0.15) is 0 Å². The highest BCUT2D eigenvalue weighted by atomic mass is 79.9. The monoisotopic (exact) mass is 335 g/mol. The molecular weight excluding hydrogens is 317 g/mol. The largest absolute Gasteiger partial charge is 0.310 e. The van der Waals surface area contributed by atoms with Gasteiger partial charge in [0.15, 0.2) is 0 Å². The molecule has 2 rings (SSSR count). The summed E-state index contributed by atoms with van der Waals surface area (Å²) in [7, 11) is 0. The van der Waals surface area contributed by atoms with E-state index in [-0.39, 0.29) is 11.9 Å². The molecule has 0 spiro atoms. The molecule has 0 bridgehead atoms. The average molecular weight is 336 g/mol. The number of likely N-dealkylation sites (N-methyl/N-ethyl adjacent to an activating group) is 1. The van der Waals surface area contributed by atoms with E-state index in [1.807, 2.05) is 12.1 Å². The maximum Gasteiger partial charge on any atom is 0.123 e. The van der Waals surface area contributed by atoms with Gasteiger partial charge < -0.3 is 5.32 Å². The lowest BCUT2D eigenvalue weighted by molar-refractivity contribution is 0.548. The number of rotatable bonds is 5. The van der Waals surface area contributed by atoms with Crippen molar-refractivity contribution in [2.45, 2.75) is 26.3 Å². The standard InChI is InChI=1S/C17H19BrFN/c1-3-20-17(10-13-5-8-15(19)9-6-13)14-7-4-12(2)16(18)11-14/h4-9,11,17,20H,3,10H2,1-2H3. The van der Waals surface area contributed by atoms with Gasteiger partial charge in [-0.05, 0) is 54.8 Å². The summed E-state index contributed by atoms with van der Waals surface area (Å²) in [6.07, 6.45) is 0.851. The molecule has 3 heteroatoms. The van der Waals surface area contributed by atoms with Crippen molar-refractivity contribution in [1.82, 2.24) is 5.32 Å². The first-order valence-corrected chi connectivity index (χ1v) is 7.63. The summed E-state index contributed by atoms with van der Waals surface area (Å²) in [6.45, 7) is 5.08. The minimum atomic E-state index is -0.188. The lowest BCUT2D eigenvalue weighted by Gasteiger charge is -2.19. The Hall–Kier alpha value is -1.19. The van der Waals surface area contributed by atoms with Crippen LogP contribution in [0.1, 0.15) is 29.7 Å². The molecule has 0 saturated heterocycles. The number of benzene rings is 2. The van der Waals surface area contributed by atoms with Crippen LogP contribution >= 0.6 is 15.9 Å². The minimum Gasteiger partial charge on any atom is -0.310 e. The highest BCUT2D eigenvalue weighted by Crippen LogP contribution is 2.24. The molecule has 0 saturated carbocycles. The molecular formula is C17H19BrFN. The summed E-state index contributed by atoms with van der Waals surface area (Å²) in [5, 5.41) is 3.49. The maximum absolute atomic E-state index is 13.0. The Morgan fingerprint density at radius 2 is 1.85 bits per heavy atom. The van der Waals surface area contributed by atoms with E-state index in [1.54, 1.807) is 0 Å². The Kier molecular flexibility index (Phi) is 5.32. The second-order valence-corrected chi connectivity index (χ2v) is 5.80. The molecule has 20 heavy (non-hydrogen) atoms. The van der Waals surface area contributed by atoms with Crippen molar-refractivity contribution in [2.24, 2.45) is 0 Å². The summed E-state index contributed by atoms with van der Waals surface area (Å²) in [5.74, 6) is -0.188. The van der Waals surface area contributed by atoms with Gasteiger partial charge in [-0.25, -0.2) is 4.39 Å². The van der Waals surface area contributed by atoms with Crippen LogP contribution in [-0.4, -0.2) is 6.54 Å². The molecule has 1 N–H and O–H groups in total. The van der Waals surface area contributed by atoms with E-state index in [2.05, 4.69) is 53.3 Å². The molecule has 2 aromatic carbocycles. The van der Waals surface area contributed by atoms with Gasteiger partial charge in [-0.15, -0.1) is 0 Å². The van der Waals surface area contributed by atoms with Crippen molar-refractivity contribution in [3.8, 4) is 0 Å². The zero-order chi connectivity index (χ0) is 14.5. The minimum absolute atomic E-state index is 0.188. The van der Waals surface area contributed by atoms with Crippen molar-refractivity contribution in [3.63, 3.8) is 0 Å². The molecule has 0 aliphatic rings. The topological polar surface area (TPSA) is 12.0 Å². The Labute approximate surface area is 128 Å². The van der Waals surface area contributed by atoms with E-state index < -0.39 is 0 Å². The second-order valence-electron chi connectivity index (χ2n) is 4.95. The molecule has 1 nitrogen and oxygen atoms in total. The van der Waals surface area contributed by atoms with Gasteiger partial charge in [0.2, 0.25) is 0 Å². The summed E-state index contributed by atoms with van der Waals surface area (Å²) in [5.41, 5.74) is 3.61. The molecule has 0 aliphatic heterocycles. The number of halogens is 2. The molecule has 1 atom stereocenters. The van der Waals surface area contributed by atoms with Gasteiger partial charge >= 0.3 is 0 Å². The van der Waals surface area contributed by atoms with Crippen LogP contribution in [0.4, 0.5) is 4.39 Å². The maximum atomic E-state index is 13.0. The summed E-state index contributed by atoms with van der Waals surface area (Å²) >= 11 is 3.58. The second kappa shape index (κ2) is 7.00. The molecule has 0 heterocycles. The third-order valence-electron chi connectivity index (χ3n) is 3.40. The van der Waals surface area contributed by atoms with Crippen molar-refractivity contribution in [1.29, 1.82) is 0 Å². The fourth-order valence-corrected chi connectivity index (χ4v) is 2.63. The van der Waals surface area contributed by atoms with Crippen LogP contribution in [0.25, 0.3) is 0 Å². The van der Waals surface area contributed by atoms with Gasteiger partial charge in [0.25, 0.3) is 0 Å². The van der Waals surface area contributed by atoms with Crippen LogP contribution in [0.3, 0.4) is 0 Å². The first-order chi connectivity index (χ1) is 9.60. The first kappa shape index (κ1) is 15.2. The van der Waals surface area contributed by atoms with Crippen molar-refractivity contribution in [3.05, 3.63) is 69.4 Å². The lowest BCUT2D eigenvalue weighted by Crippen LogP contribution is -2.23. The fourth-order valence-electron chi connectivity index (χ4n) is 2.24. The Morgan fingerprint density at radius 3 is 2.45 bits per heavy atom. The molecule has 0 fully saturated rings. The van der Waals surface area contributed by atoms with Crippen LogP contribution in [0.2, 0.25) is 0 Å². The van der Waals surface area contributed by atoms with E-state index in [0.717, 1.165) is 23.0 Å². The zero-order valence-corrected chi connectivity index (χ0v) is 13.4. The third-order valence-corrected chi connectivity index (χ3v) is 4.26. The molecule has 1 unspecified atom stereocenters. The highest BCUT2D eigenvalue weighted by Gasteiger charge is 2.12. The van der Waals surface area contributed by atoms with Crippen molar-refractivity contribution < 1.29 is 4.39 Å². The fraction of sp³-hybridized carbons (Fsp3) is 0.294. The van der Waals surface area contributed by atoms with Crippen molar-refractivity contribution in [2.75, 3.05) is 6.54 Å². The summed E-state index contributed by atoms with van der Waals surface area (Å²) < 4.78 is 14.1. The van der Waals surface area contributed by atoms with Gasteiger partial charge in [-0.3, -0.25) is 0 Å². The van der Waals surface area contributed by atoms with Crippen LogP contribution < -0.4 is 5.32 Å². The Morgan fingerprint density at radius 1 is 1.15 bits per heavy atom. The van der Waals surface area contributed by atoms with E-state index in [9.17, 15) is 4.39 Å². The van der Waals surface area contributed by atoms with Gasteiger partial charge in [-0.1, -0.05) is 47.1 Å². The Balaban J connectivity index is 2.21. The molecule has 0 amide bonds. The molecule has 2 aromatic rings. The number of hydrogen-bond donors (Lipinski definition) is 1. The smallest absolute Gasteiger partial charge is 0.123 e. The van der Waals surface area contributed by atoms with E-state index in [0.29, 0.717) is 0 Å². The lowest BCUT2D eigenvalue weighted by atomic mass is 9.98. The van der Waals surface area contributed by atoms with Crippen LogP contribution in [0.15, 0.2) is 46.9 Å². The quantitative estimate of drug-likeness (QED) is 0.828.